The van der Waals surface area contributed by atoms with E-state index in [1.165, 1.54) is 24.3 Å². The van der Waals surface area contributed by atoms with Gasteiger partial charge in [-0.3, -0.25) is 0 Å². The zero-order valence-electron chi connectivity index (χ0n) is 6.70. The minimum absolute atomic E-state index is 0.972. The Bertz CT molecular complexity index is 177. The fourth-order valence-corrected chi connectivity index (χ4v) is 4.72. The highest BCUT2D eigenvalue weighted by Gasteiger charge is 2.43. The highest BCUT2D eigenvalue weighted by molar-refractivity contribution is 7.99. The zero-order chi connectivity index (χ0) is 7.26. The molecular weight excluding hydrogens is 152 g/mol. The molecule has 1 heterocycles. The van der Waals surface area contributed by atoms with Crippen molar-refractivity contribution in [1.82, 2.24) is 0 Å². The predicted molar refractivity (Wildman–Crippen MR) is 49.7 cm³/mol. The molecule has 0 N–H and O–H groups in total. The number of thioether (sulfide) groups is 1. The van der Waals surface area contributed by atoms with Gasteiger partial charge in [0.05, 0.1) is 0 Å². The maximum Gasteiger partial charge on any atom is -0.00302 e. The van der Waals surface area contributed by atoms with Crippen LogP contribution in [0.1, 0.15) is 12.8 Å². The van der Waals surface area contributed by atoms with Gasteiger partial charge in [-0.1, -0.05) is 12.2 Å². The van der Waals surface area contributed by atoms with E-state index in [9.17, 15) is 0 Å². The van der Waals surface area contributed by atoms with Gasteiger partial charge in [-0.05, 0) is 48.0 Å². The summed E-state index contributed by atoms with van der Waals surface area (Å²) < 4.78 is 0. The second-order valence-corrected chi connectivity index (χ2v) is 5.23. The molecule has 2 fully saturated rings. The first-order valence-electron chi connectivity index (χ1n) is 4.71. The second kappa shape index (κ2) is 2.29. The van der Waals surface area contributed by atoms with Gasteiger partial charge in [-0.25, -0.2) is 0 Å². The summed E-state index contributed by atoms with van der Waals surface area (Å²) in [5.41, 5.74) is 0. The molecule has 0 spiro atoms. The van der Waals surface area contributed by atoms with Crippen LogP contribution >= 0.6 is 11.8 Å². The van der Waals surface area contributed by atoms with E-state index in [-0.39, 0.29) is 0 Å². The van der Waals surface area contributed by atoms with Gasteiger partial charge in [0.15, 0.2) is 0 Å². The Labute approximate surface area is 72.4 Å². The molecule has 1 saturated carbocycles. The summed E-state index contributed by atoms with van der Waals surface area (Å²) in [4.78, 5) is 0. The van der Waals surface area contributed by atoms with Gasteiger partial charge in [0.25, 0.3) is 0 Å². The van der Waals surface area contributed by atoms with Crippen LogP contribution in [0.25, 0.3) is 0 Å². The molecule has 2 bridgehead atoms. The summed E-state index contributed by atoms with van der Waals surface area (Å²) in [6.07, 6.45) is 7.98. The molecule has 4 unspecified atom stereocenters. The number of allylic oxidation sites excluding steroid dienone is 2. The van der Waals surface area contributed by atoms with E-state index in [1.807, 2.05) is 0 Å². The van der Waals surface area contributed by atoms with Crippen LogP contribution in [0.15, 0.2) is 12.2 Å². The topological polar surface area (TPSA) is 0 Å². The first-order chi connectivity index (χ1) is 5.45. The van der Waals surface area contributed by atoms with E-state index in [0.29, 0.717) is 0 Å². The Kier molecular flexibility index (Phi) is 1.37. The molecule has 1 heteroatoms. The summed E-state index contributed by atoms with van der Waals surface area (Å²) >= 11 is 2.19. The first-order valence-corrected chi connectivity index (χ1v) is 5.87. The lowest BCUT2D eigenvalue weighted by Crippen LogP contribution is -2.35. The highest BCUT2D eigenvalue weighted by atomic mass is 32.2. The quantitative estimate of drug-likeness (QED) is 0.498. The van der Waals surface area contributed by atoms with Crippen molar-refractivity contribution in [1.29, 1.82) is 0 Å². The average molecular weight is 166 g/mol. The Morgan fingerprint density at radius 2 is 1.45 bits per heavy atom. The maximum atomic E-state index is 2.50. The monoisotopic (exact) mass is 166 g/mol. The van der Waals surface area contributed by atoms with Crippen molar-refractivity contribution in [3.05, 3.63) is 12.2 Å². The fraction of sp³-hybridized carbons (Fsp3) is 0.800. The molecule has 11 heavy (non-hydrogen) atoms. The number of rotatable bonds is 0. The Morgan fingerprint density at radius 1 is 0.909 bits per heavy atom. The van der Waals surface area contributed by atoms with Gasteiger partial charge in [-0.15, -0.1) is 0 Å². The van der Waals surface area contributed by atoms with Crippen LogP contribution in [0.4, 0.5) is 0 Å². The zero-order valence-corrected chi connectivity index (χ0v) is 7.52. The van der Waals surface area contributed by atoms with Crippen LogP contribution in [0.5, 0.6) is 0 Å². The number of hydrogen-bond acceptors (Lipinski definition) is 1. The lowest BCUT2D eigenvalue weighted by Gasteiger charge is -2.40. The van der Waals surface area contributed by atoms with E-state index >= 15 is 0 Å². The molecule has 0 aromatic rings. The third-order valence-corrected chi connectivity index (χ3v) is 4.95. The van der Waals surface area contributed by atoms with Crippen molar-refractivity contribution in [2.24, 2.45) is 23.7 Å². The first kappa shape index (κ1) is 6.59. The lowest BCUT2D eigenvalue weighted by molar-refractivity contribution is 0.169. The van der Waals surface area contributed by atoms with Crippen molar-refractivity contribution in [3.63, 3.8) is 0 Å². The average Bonchev–Trinajstić information content (AvgIpc) is 2.55. The van der Waals surface area contributed by atoms with E-state index in [1.54, 1.807) is 0 Å². The fourth-order valence-electron chi connectivity index (χ4n) is 3.05. The van der Waals surface area contributed by atoms with E-state index in [4.69, 9.17) is 0 Å². The minimum atomic E-state index is 0.972. The van der Waals surface area contributed by atoms with Crippen molar-refractivity contribution >= 4 is 11.8 Å². The van der Waals surface area contributed by atoms with Gasteiger partial charge >= 0.3 is 0 Å². The van der Waals surface area contributed by atoms with Gasteiger partial charge < -0.3 is 0 Å². The van der Waals surface area contributed by atoms with Gasteiger partial charge in [0.1, 0.15) is 0 Å². The smallest absolute Gasteiger partial charge is 0.00302 e. The molecule has 3 aliphatic carbocycles. The molecular formula is C10H14S. The summed E-state index contributed by atoms with van der Waals surface area (Å²) in [5.74, 6) is 7.00. The highest BCUT2D eigenvalue weighted by Crippen LogP contribution is 2.50. The predicted octanol–water partition coefficient (Wildman–Crippen LogP) is 2.56. The summed E-state index contributed by atoms with van der Waals surface area (Å²) in [6.45, 7) is 0. The Hall–Kier alpha value is 0.0900. The largest absolute Gasteiger partial charge is 0.161 e. The molecule has 0 radical (unpaired) electrons. The Morgan fingerprint density at radius 3 is 1.91 bits per heavy atom. The van der Waals surface area contributed by atoms with Crippen molar-refractivity contribution in [3.8, 4) is 0 Å². The second-order valence-electron chi connectivity index (χ2n) is 4.16. The Balaban J connectivity index is 1.97. The van der Waals surface area contributed by atoms with Crippen molar-refractivity contribution in [2.45, 2.75) is 12.8 Å². The summed E-state index contributed by atoms with van der Waals surface area (Å²) in [7, 11) is 0. The third-order valence-electron chi connectivity index (χ3n) is 3.71. The normalized spacial score (nSPS) is 53.1. The van der Waals surface area contributed by atoms with Crippen molar-refractivity contribution < 1.29 is 0 Å². The molecule has 1 saturated heterocycles. The lowest BCUT2D eigenvalue weighted by atomic mass is 9.64. The number of fused-ring (bicyclic) bond motifs is 1. The third kappa shape index (κ3) is 0.837. The molecule has 0 aromatic carbocycles. The molecule has 4 rings (SSSR count). The molecule has 60 valence electrons. The summed E-state index contributed by atoms with van der Waals surface area (Å²) in [6, 6.07) is 0. The minimum Gasteiger partial charge on any atom is -0.161 e. The molecule has 4 atom stereocenters. The van der Waals surface area contributed by atoms with Crippen LogP contribution in [-0.4, -0.2) is 11.5 Å². The molecule has 0 nitrogen and oxygen atoms in total. The van der Waals surface area contributed by atoms with Crippen LogP contribution < -0.4 is 0 Å². The van der Waals surface area contributed by atoms with Crippen LogP contribution in [0.2, 0.25) is 0 Å². The van der Waals surface area contributed by atoms with E-state index in [0.717, 1.165) is 23.7 Å². The molecule has 4 aliphatic rings. The van der Waals surface area contributed by atoms with Crippen LogP contribution in [0, 0.1) is 23.7 Å². The molecule has 0 aromatic heterocycles. The standard InChI is InChI=1S/C10H14S/c1-2-8-4-3-7(1)9-5-11-6-10(8)9/h1-2,7-10H,3-6H2. The molecule has 1 aliphatic heterocycles. The van der Waals surface area contributed by atoms with E-state index < -0.39 is 0 Å². The van der Waals surface area contributed by atoms with Gasteiger partial charge in [0, 0.05) is 0 Å². The van der Waals surface area contributed by atoms with Gasteiger partial charge in [0.2, 0.25) is 0 Å². The summed E-state index contributed by atoms with van der Waals surface area (Å²) in [5, 5.41) is 0. The van der Waals surface area contributed by atoms with Crippen LogP contribution in [-0.2, 0) is 0 Å². The van der Waals surface area contributed by atoms with Crippen molar-refractivity contribution in [2.75, 3.05) is 11.5 Å². The van der Waals surface area contributed by atoms with E-state index in [2.05, 4.69) is 23.9 Å². The van der Waals surface area contributed by atoms with Gasteiger partial charge in [-0.2, -0.15) is 11.8 Å². The van der Waals surface area contributed by atoms with Crippen LogP contribution in [0.3, 0.4) is 0 Å². The SMILES string of the molecule is C1=CC2CCC1C1CSCC21. The number of hydrogen-bond donors (Lipinski definition) is 0. The maximum absolute atomic E-state index is 2.50. The molecule has 0 amide bonds.